The molecule has 0 N–H and O–H groups in total. The average Bonchev–Trinajstić information content (AvgIpc) is 2.44. The van der Waals surface area contributed by atoms with Gasteiger partial charge in [-0.15, -0.1) is 11.8 Å². The highest BCUT2D eigenvalue weighted by atomic mass is 32.2. The summed E-state index contributed by atoms with van der Waals surface area (Å²) in [6.07, 6.45) is 0. The van der Waals surface area contributed by atoms with E-state index in [-0.39, 0.29) is 28.9 Å². The maximum absolute atomic E-state index is 12.5. The fraction of sp³-hybridized carbons (Fsp3) is 0.214. The van der Waals surface area contributed by atoms with Crippen molar-refractivity contribution in [3.8, 4) is 0 Å². The molecule has 0 aromatic heterocycles. The second kappa shape index (κ2) is 4.35. The molecule has 0 fully saturated rings. The van der Waals surface area contributed by atoms with Crippen molar-refractivity contribution in [2.24, 2.45) is 0 Å². The number of Topliss-reactive ketones (excluding diaryl/α,β-unsaturated/α-hetero) is 2. The Morgan fingerprint density at radius 3 is 2.37 bits per heavy atom. The summed E-state index contributed by atoms with van der Waals surface area (Å²) in [6.45, 7) is 2.20. The van der Waals surface area contributed by atoms with Crippen LogP contribution in [0.5, 0.6) is 0 Å². The molecule has 0 saturated heterocycles. The van der Waals surface area contributed by atoms with Gasteiger partial charge in [-0.25, -0.2) is 0 Å². The zero-order valence-corrected chi connectivity index (χ0v) is 11.1. The van der Waals surface area contributed by atoms with Gasteiger partial charge in [0, 0.05) is 17.7 Å². The number of fused-ring (bicyclic) bond motifs is 1. The highest BCUT2D eigenvalue weighted by molar-refractivity contribution is 8.04. The van der Waals surface area contributed by atoms with Crippen LogP contribution in [0.3, 0.4) is 0 Å². The molecule has 1 amide bonds. The Morgan fingerprint density at radius 2 is 1.74 bits per heavy atom. The Hall–Kier alpha value is -1.88. The number of amides is 1. The van der Waals surface area contributed by atoms with Gasteiger partial charge in [0.05, 0.1) is 10.7 Å². The molecule has 0 radical (unpaired) electrons. The van der Waals surface area contributed by atoms with Crippen LogP contribution in [0, 0.1) is 0 Å². The van der Waals surface area contributed by atoms with E-state index in [1.54, 1.807) is 31.2 Å². The monoisotopic (exact) mass is 273 g/mol. The second-order valence-corrected chi connectivity index (χ2v) is 5.29. The molecular formula is C14H11NO3S. The number of nitrogens with zero attached hydrogens (tertiary/aromatic N) is 1. The molecule has 5 heteroatoms. The molecule has 0 saturated carbocycles. The van der Waals surface area contributed by atoms with Gasteiger partial charge in [-0.05, 0) is 6.92 Å². The number of ketones is 2. The summed E-state index contributed by atoms with van der Waals surface area (Å²) in [5.74, 6) is -0.283. The maximum Gasteiger partial charge on any atom is 0.237 e. The average molecular weight is 273 g/mol. The van der Waals surface area contributed by atoms with Crippen LogP contribution >= 0.6 is 11.8 Å². The SMILES string of the molecule is CCN1C(=O)CSC2=C1C(=O)c1ccccc1C2=O. The number of benzene rings is 1. The molecule has 4 nitrogen and oxygen atoms in total. The number of rotatable bonds is 1. The van der Waals surface area contributed by atoms with Gasteiger partial charge < -0.3 is 4.90 Å². The van der Waals surface area contributed by atoms with Crippen LogP contribution in [-0.4, -0.2) is 34.7 Å². The molecule has 0 bridgehead atoms. The van der Waals surface area contributed by atoms with Gasteiger partial charge in [-0.2, -0.15) is 0 Å². The molecule has 2 aliphatic rings. The molecule has 96 valence electrons. The highest BCUT2D eigenvalue weighted by Crippen LogP contribution is 2.37. The first-order chi connectivity index (χ1) is 9.15. The summed E-state index contributed by atoms with van der Waals surface area (Å²) >= 11 is 1.17. The van der Waals surface area contributed by atoms with Crippen molar-refractivity contribution in [3.63, 3.8) is 0 Å². The normalized spacial score (nSPS) is 18.6. The predicted octanol–water partition coefficient (Wildman–Crippen LogP) is 1.87. The number of carbonyl (C=O) groups is 3. The van der Waals surface area contributed by atoms with Gasteiger partial charge in [0.1, 0.15) is 5.70 Å². The van der Waals surface area contributed by atoms with E-state index in [9.17, 15) is 14.4 Å². The summed E-state index contributed by atoms with van der Waals surface area (Å²) < 4.78 is 0. The number of hydrogen-bond acceptors (Lipinski definition) is 4. The summed E-state index contributed by atoms with van der Waals surface area (Å²) in [5, 5.41) is 0. The Kier molecular flexibility index (Phi) is 2.78. The molecule has 1 heterocycles. The first-order valence-electron chi connectivity index (χ1n) is 6.01. The van der Waals surface area contributed by atoms with Crippen molar-refractivity contribution >= 4 is 29.2 Å². The molecule has 3 rings (SSSR count). The summed E-state index contributed by atoms with van der Waals surface area (Å²) in [7, 11) is 0. The standard InChI is InChI=1S/C14H11NO3S/c1-2-15-10(16)7-19-14-11(15)12(17)8-5-3-4-6-9(8)13(14)18/h3-6H,2,7H2,1H3. The summed E-state index contributed by atoms with van der Waals surface area (Å²) in [6, 6.07) is 6.76. The number of hydrogen-bond donors (Lipinski definition) is 0. The highest BCUT2D eigenvalue weighted by Gasteiger charge is 2.39. The van der Waals surface area contributed by atoms with Crippen molar-refractivity contribution in [1.29, 1.82) is 0 Å². The molecule has 1 aliphatic carbocycles. The van der Waals surface area contributed by atoms with Crippen molar-refractivity contribution < 1.29 is 14.4 Å². The Morgan fingerprint density at radius 1 is 1.11 bits per heavy atom. The van der Waals surface area contributed by atoms with Crippen LogP contribution in [0.2, 0.25) is 0 Å². The molecule has 0 unspecified atom stereocenters. The number of likely N-dealkylation sites (N-methyl/N-ethyl adjacent to an activating group) is 1. The Labute approximate surface area is 114 Å². The predicted molar refractivity (Wildman–Crippen MR) is 72.0 cm³/mol. The minimum absolute atomic E-state index is 0.119. The van der Waals surface area contributed by atoms with Gasteiger partial charge in [0.2, 0.25) is 17.5 Å². The zero-order chi connectivity index (χ0) is 13.6. The van der Waals surface area contributed by atoms with Crippen molar-refractivity contribution in [2.45, 2.75) is 6.92 Å². The Balaban J connectivity index is 2.22. The van der Waals surface area contributed by atoms with Gasteiger partial charge in [-0.1, -0.05) is 24.3 Å². The Bertz CT molecular complexity index is 648. The number of thioether (sulfide) groups is 1. The quantitative estimate of drug-likeness (QED) is 0.784. The van der Waals surface area contributed by atoms with E-state index >= 15 is 0 Å². The maximum atomic E-state index is 12.5. The fourth-order valence-electron chi connectivity index (χ4n) is 2.39. The lowest BCUT2D eigenvalue weighted by molar-refractivity contribution is -0.126. The third-order valence-corrected chi connectivity index (χ3v) is 4.34. The van der Waals surface area contributed by atoms with Crippen LogP contribution in [0.1, 0.15) is 27.6 Å². The molecule has 19 heavy (non-hydrogen) atoms. The van der Waals surface area contributed by atoms with Crippen LogP contribution < -0.4 is 0 Å². The lowest BCUT2D eigenvalue weighted by Crippen LogP contribution is -2.41. The molecule has 1 aromatic rings. The second-order valence-electron chi connectivity index (χ2n) is 4.31. The largest absolute Gasteiger partial charge is 0.307 e. The molecule has 1 aromatic carbocycles. The van der Waals surface area contributed by atoms with E-state index in [0.29, 0.717) is 22.6 Å². The lowest BCUT2D eigenvalue weighted by Gasteiger charge is -2.32. The number of carbonyl (C=O) groups excluding carboxylic acids is 3. The topological polar surface area (TPSA) is 54.5 Å². The molecule has 0 spiro atoms. The minimum atomic E-state index is -0.229. The fourth-order valence-corrected chi connectivity index (χ4v) is 3.39. The van der Waals surface area contributed by atoms with Gasteiger partial charge in [0.25, 0.3) is 0 Å². The van der Waals surface area contributed by atoms with Gasteiger partial charge in [-0.3, -0.25) is 14.4 Å². The van der Waals surface area contributed by atoms with E-state index in [4.69, 9.17) is 0 Å². The molecule has 0 atom stereocenters. The van der Waals surface area contributed by atoms with Crippen molar-refractivity contribution in [3.05, 3.63) is 46.0 Å². The first-order valence-corrected chi connectivity index (χ1v) is 6.99. The first kappa shape index (κ1) is 12.2. The lowest BCUT2D eigenvalue weighted by atomic mass is 9.91. The van der Waals surface area contributed by atoms with Crippen LogP contribution in [0.25, 0.3) is 0 Å². The van der Waals surface area contributed by atoms with Crippen LogP contribution in [0.15, 0.2) is 34.9 Å². The van der Waals surface area contributed by atoms with Crippen LogP contribution in [0.4, 0.5) is 0 Å². The third kappa shape index (κ3) is 1.65. The van der Waals surface area contributed by atoms with E-state index < -0.39 is 0 Å². The van der Waals surface area contributed by atoms with E-state index in [1.165, 1.54) is 16.7 Å². The van der Waals surface area contributed by atoms with Gasteiger partial charge in [0.15, 0.2) is 0 Å². The van der Waals surface area contributed by atoms with Crippen molar-refractivity contribution in [2.75, 3.05) is 12.3 Å². The van der Waals surface area contributed by atoms with Crippen LogP contribution in [-0.2, 0) is 4.79 Å². The summed E-state index contributed by atoms with van der Waals surface area (Å²) in [5.41, 5.74) is 1.08. The van der Waals surface area contributed by atoms with Crippen molar-refractivity contribution in [1.82, 2.24) is 4.90 Å². The molecule has 1 aliphatic heterocycles. The number of allylic oxidation sites excluding steroid dienone is 2. The van der Waals surface area contributed by atoms with E-state index in [2.05, 4.69) is 0 Å². The smallest absolute Gasteiger partial charge is 0.237 e. The zero-order valence-electron chi connectivity index (χ0n) is 10.3. The van der Waals surface area contributed by atoms with Gasteiger partial charge >= 0.3 is 0 Å². The summed E-state index contributed by atoms with van der Waals surface area (Å²) in [4.78, 5) is 38.6. The van der Waals surface area contributed by atoms with E-state index in [0.717, 1.165) is 0 Å². The minimum Gasteiger partial charge on any atom is -0.307 e. The third-order valence-electron chi connectivity index (χ3n) is 3.28. The molecular weight excluding hydrogens is 262 g/mol. The van der Waals surface area contributed by atoms with E-state index in [1.807, 2.05) is 0 Å².